The average molecular weight is 406 g/mol. The highest BCUT2D eigenvalue weighted by Crippen LogP contribution is 2.50. The molecule has 0 radical (unpaired) electrons. The number of aromatic nitrogens is 2. The van der Waals surface area contributed by atoms with E-state index in [1.54, 1.807) is 12.1 Å². The number of hydrogen-bond acceptors (Lipinski definition) is 2. The predicted octanol–water partition coefficient (Wildman–Crippen LogP) is 6.08. The van der Waals surface area contributed by atoms with Crippen LogP contribution in [0.2, 0.25) is 0 Å². The molecule has 1 aliphatic carbocycles. The standard InChI is InChI=1S/C27H19FN2O/c28-20-11-8-17(9-12-20)21-6-3-5-19-14-15-30(27(31)26(19)21)25-16-22(25)24-13-10-18-4-1-2-7-23(18)29-24/h1-15,22,25H,16H2/t22-,25-/m1/s1. The molecule has 4 heteroatoms. The van der Waals surface area contributed by atoms with E-state index >= 15 is 0 Å². The molecule has 0 amide bonds. The Morgan fingerprint density at radius 3 is 2.52 bits per heavy atom. The minimum Gasteiger partial charge on any atom is -0.311 e. The highest BCUT2D eigenvalue weighted by Gasteiger charge is 2.41. The lowest BCUT2D eigenvalue weighted by molar-refractivity contribution is 0.628. The number of nitrogens with zero attached hydrogens (tertiary/aromatic N) is 2. The zero-order valence-electron chi connectivity index (χ0n) is 16.7. The van der Waals surface area contributed by atoms with Gasteiger partial charge in [-0.2, -0.15) is 0 Å². The van der Waals surface area contributed by atoms with E-state index in [2.05, 4.69) is 18.2 Å². The summed E-state index contributed by atoms with van der Waals surface area (Å²) in [5.74, 6) is -0.0529. The average Bonchev–Trinajstić information content (AvgIpc) is 3.60. The van der Waals surface area contributed by atoms with Crippen molar-refractivity contribution in [1.29, 1.82) is 0 Å². The van der Waals surface area contributed by atoms with Crippen molar-refractivity contribution in [2.45, 2.75) is 18.4 Å². The first kappa shape index (κ1) is 18.0. The van der Waals surface area contributed by atoms with Gasteiger partial charge in [0.1, 0.15) is 5.82 Å². The van der Waals surface area contributed by atoms with Gasteiger partial charge in [0, 0.05) is 29.2 Å². The van der Waals surface area contributed by atoms with E-state index in [9.17, 15) is 9.18 Å². The second kappa shape index (κ2) is 6.88. The number of benzene rings is 3. The third-order valence-electron chi connectivity index (χ3n) is 6.23. The highest BCUT2D eigenvalue weighted by atomic mass is 19.1. The van der Waals surface area contributed by atoms with Gasteiger partial charge in [0.25, 0.3) is 5.56 Å². The molecular formula is C27H19FN2O. The molecule has 5 aromatic rings. The fourth-order valence-corrected chi connectivity index (χ4v) is 4.53. The van der Waals surface area contributed by atoms with Crippen LogP contribution in [0, 0.1) is 5.82 Å². The topological polar surface area (TPSA) is 34.9 Å². The summed E-state index contributed by atoms with van der Waals surface area (Å²) in [6.45, 7) is 0. The van der Waals surface area contributed by atoms with Crippen LogP contribution in [0.1, 0.15) is 24.1 Å². The molecule has 0 N–H and O–H groups in total. The fourth-order valence-electron chi connectivity index (χ4n) is 4.53. The Bertz CT molecular complexity index is 1500. The molecule has 3 nitrogen and oxygen atoms in total. The molecule has 0 bridgehead atoms. The van der Waals surface area contributed by atoms with Gasteiger partial charge in [-0.15, -0.1) is 0 Å². The third kappa shape index (κ3) is 3.03. The van der Waals surface area contributed by atoms with Gasteiger partial charge in [0.2, 0.25) is 0 Å². The van der Waals surface area contributed by atoms with Crippen LogP contribution in [0.5, 0.6) is 0 Å². The van der Waals surface area contributed by atoms with Gasteiger partial charge < -0.3 is 4.57 Å². The number of para-hydroxylation sites is 1. The summed E-state index contributed by atoms with van der Waals surface area (Å²) in [6.07, 6.45) is 2.79. The lowest BCUT2D eigenvalue weighted by Crippen LogP contribution is -2.19. The highest BCUT2D eigenvalue weighted by molar-refractivity contribution is 5.96. The van der Waals surface area contributed by atoms with Crippen LogP contribution in [0.4, 0.5) is 4.39 Å². The maximum Gasteiger partial charge on any atom is 0.259 e. The third-order valence-corrected chi connectivity index (χ3v) is 6.23. The molecule has 1 saturated carbocycles. The number of fused-ring (bicyclic) bond motifs is 2. The summed E-state index contributed by atoms with van der Waals surface area (Å²) in [4.78, 5) is 18.4. The molecule has 0 spiro atoms. The van der Waals surface area contributed by atoms with Crippen molar-refractivity contribution in [2.24, 2.45) is 0 Å². The van der Waals surface area contributed by atoms with Crippen molar-refractivity contribution in [2.75, 3.05) is 0 Å². The van der Waals surface area contributed by atoms with Gasteiger partial charge in [0.15, 0.2) is 0 Å². The molecule has 150 valence electrons. The Hall–Kier alpha value is -3.79. The molecule has 2 aromatic heterocycles. The number of pyridine rings is 2. The SMILES string of the molecule is O=c1c2c(-c3ccc(F)cc3)cccc2ccn1[C@@H]1C[C@@H]1c1ccc2ccccc2n1. The Morgan fingerprint density at radius 1 is 0.839 bits per heavy atom. The van der Waals surface area contributed by atoms with Crippen molar-refractivity contribution in [3.8, 4) is 11.1 Å². The van der Waals surface area contributed by atoms with E-state index in [-0.39, 0.29) is 23.3 Å². The Morgan fingerprint density at radius 2 is 1.65 bits per heavy atom. The largest absolute Gasteiger partial charge is 0.311 e. The normalized spacial score (nSPS) is 17.8. The van der Waals surface area contributed by atoms with Gasteiger partial charge in [-0.1, -0.05) is 54.6 Å². The monoisotopic (exact) mass is 406 g/mol. The van der Waals surface area contributed by atoms with Crippen LogP contribution in [0.15, 0.2) is 95.9 Å². The van der Waals surface area contributed by atoms with E-state index in [0.29, 0.717) is 5.39 Å². The number of halogens is 1. The molecule has 0 unspecified atom stereocenters. The minimum atomic E-state index is -0.287. The molecule has 1 fully saturated rings. The van der Waals surface area contributed by atoms with Crippen molar-refractivity contribution in [1.82, 2.24) is 9.55 Å². The van der Waals surface area contributed by atoms with Crippen molar-refractivity contribution in [3.05, 3.63) is 113 Å². The maximum atomic E-state index is 13.5. The first-order chi connectivity index (χ1) is 15.2. The van der Waals surface area contributed by atoms with Gasteiger partial charge in [-0.05, 0) is 53.3 Å². The van der Waals surface area contributed by atoms with Gasteiger partial charge >= 0.3 is 0 Å². The van der Waals surface area contributed by atoms with E-state index in [0.717, 1.165) is 39.5 Å². The van der Waals surface area contributed by atoms with Crippen LogP contribution in [-0.4, -0.2) is 9.55 Å². The quantitative estimate of drug-likeness (QED) is 0.364. The summed E-state index contributed by atoms with van der Waals surface area (Å²) < 4.78 is 15.2. The molecule has 6 rings (SSSR count). The molecular weight excluding hydrogens is 387 g/mol. The van der Waals surface area contributed by atoms with E-state index in [1.165, 1.54) is 12.1 Å². The van der Waals surface area contributed by atoms with E-state index in [4.69, 9.17) is 4.98 Å². The van der Waals surface area contributed by atoms with Crippen molar-refractivity contribution < 1.29 is 4.39 Å². The van der Waals surface area contributed by atoms with E-state index < -0.39 is 0 Å². The first-order valence-electron chi connectivity index (χ1n) is 10.4. The van der Waals surface area contributed by atoms with Gasteiger partial charge in [-0.3, -0.25) is 9.78 Å². The summed E-state index contributed by atoms with van der Waals surface area (Å²) in [5, 5.41) is 2.69. The molecule has 3 aromatic carbocycles. The molecule has 2 atom stereocenters. The summed E-state index contributed by atoms with van der Waals surface area (Å²) in [5.41, 5.74) is 3.67. The molecule has 31 heavy (non-hydrogen) atoms. The second-order valence-corrected chi connectivity index (χ2v) is 8.14. The second-order valence-electron chi connectivity index (χ2n) is 8.14. The van der Waals surface area contributed by atoms with Gasteiger partial charge in [0.05, 0.1) is 10.9 Å². The number of rotatable bonds is 3. The zero-order valence-corrected chi connectivity index (χ0v) is 16.7. The lowest BCUT2D eigenvalue weighted by atomic mass is 9.99. The Balaban J connectivity index is 1.42. The molecule has 1 aliphatic rings. The zero-order chi connectivity index (χ0) is 20.9. The van der Waals surface area contributed by atoms with Crippen LogP contribution < -0.4 is 5.56 Å². The van der Waals surface area contributed by atoms with Crippen LogP contribution in [-0.2, 0) is 0 Å². The van der Waals surface area contributed by atoms with Gasteiger partial charge in [-0.25, -0.2) is 4.39 Å². The van der Waals surface area contributed by atoms with Crippen molar-refractivity contribution in [3.63, 3.8) is 0 Å². The maximum absolute atomic E-state index is 13.5. The summed E-state index contributed by atoms with van der Waals surface area (Å²) in [6, 6.07) is 26.5. The first-order valence-corrected chi connectivity index (χ1v) is 10.4. The predicted molar refractivity (Wildman–Crippen MR) is 122 cm³/mol. The lowest BCUT2D eigenvalue weighted by Gasteiger charge is -2.11. The fraction of sp³-hybridized carbons (Fsp3) is 0.111. The molecule has 2 heterocycles. The molecule has 0 saturated heterocycles. The Kier molecular flexibility index (Phi) is 4.00. The van der Waals surface area contributed by atoms with Crippen LogP contribution in [0.3, 0.4) is 0 Å². The summed E-state index contributed by atoms with van der Waals surface area (Å²) >= 11 is 0. The van der Waals surface area contributed by atoms with Crippen LogP contribution in [0.25, 0.3) is 32.8 Å². The van der Waals surface area contributed by atoms with Crippen molar-refractivity contribution >= 4 is 21.7 Å². The smallest absolute Gasteiger partial charge is 0.259 e. The van der Waals surface area contributed by atoms with Crippen LogP contribution >= 0.6 is 0 Å². The van der Waals surface area contributed by atoms with E-state index in [1.807, 2.05) is 53.2 Å². The number of hydrogen-bond donors (Lipinski definition) is 0. The minimum absolute atomic E-state index is 0.00860. The Labute approximate surface area is 178 Å². The summed E-state index contributed by atoms with van der Waals surface area (Å²) in [7, 11) is 0. The molecule has 0 aliphatic heterocycles.